The zero-order valence-electron chi connectivity index (χ0n) is 6.12. The van der Waals surface area contributed by atoms with E-state index in [1.807, 2.05) is 20.8 Å². The zero-order valence-corrected chi connectivity index (χ0v) is 6.12. The molecule has 0 aromatic heterocycles. The van der Waals surface area contributed by atoms with E-state index in [2.05, 4.69) is 5.32 Å². The molecule has 0 fully saturated rings. The number of nitrogens with one attached hydrogen (secondary N) is 1. The minimum absolute atomic E-state index is 0. The molecule has 0 aromatic rings. The fourth-order valence-corrected chi connectivity index (χ4v) is 0.249. The fraction of sp³-hybridized carbons (Fsp3) is 0.833. The standard InChI is InChI=1S/C4H9NO.C2H6.H2/c1-3-5-4(2)6;1-2;/h3H2,1-2H3,(H,5,6);1-2H3;1H. The molecule has 8 heavy (non-hydrogen) atoms. The first-order valence-electron chi connectivity index (χ1n) is 3.01. The van der Waals surface area contributed by atoms with Crippen LogP contribution >= 0.6 is 0 Å². The summed E-state index contributed by atoms with van der Waals surface area (Å²) in [6.07, 6.45) is 0. The Morgan fingerprint density at radius 1 is 1.62 bits per heavy atom. The Morgan fingerprint density at radius 2 is 2.00 bits per heavy atom. The lowest BCUT2D eigenvalue weighted by atomic mass is 10.6. The average molecular weight is 119 g/mol. The van der Waals surface area contributed by atoms with Crippen LogP contribution in [0.4, 0.5) is 0 Å². The van der Waals surface area contributed by atoms with E-state index < -0.39 is 0 Å². The molecule has 0 saturated carbocycles. The van der Waals surface area contributed by atoms with Gasteiger partial charge in [-0.2, -0.15) is 0 Å². The first kappa shape index (κ1) is 10.5. The van der Waals surface area contributed by atoms with Gasteiger partial charge in [-0.15, -0.1) is 0 Å². The van der Waals surface area contributed by atoms with Crippen LogP contribution < -0.4 is 5.32 Å². The van der Waals surface area contributed by atoms with E-state index in [0.717, 1.165) is 6.54 Å². The molecule has 0 heterocycles. The van der Waals surface area contributed by atoms with Gasteiger partial charge in [-0.3, -0.25) is 4.79 Å². The molecule has 0 atom stereocenters. The van der Waals surface area contributed by atoms with E-state index in [1.165, 1.54) is 6.92 Å². The maximum absolute atomic E-state index is 9.93. The summed E-state index contributed by atoms with van der Waals surface area (Å²) in [5.74, 6) is 0.0394. The highest BCUT2D eigenvalue weighted by Crippen LogP contribution is 1.54. The Labute approximate surface area is 52.8 Å². The predicted octanol–water partition coefficient (Wildman–Crippen LogP) is 1.41. The lowest BCUT2D eigenvalue weighted by Crippen LogP contribution is -2.18. The lowest BCUT2D eigenvalue weighted by Gasteiger charge is -1.88. The van der Waals surface area contributed by atoms with Crippen LogP contribution in [0.2, 0.25) is 0 Å². The molecule has 0 spiro atoms. The molecule has 1 N–H and O–H groups in total. The third kappa shape index (κ3) is 17.9. The first-order valence-corrected chi connectivity index (χ1v) is 3.01. The number of hydrogen-bond donors (Lipinski definition) is 1. The molecule has 0 aromatic carbocycles. The average Bonchev–Trinajstić information content (AvgIpc) is 1.72. The van der Waals surface area contributed by atoms with Gasteiger partial charge in [0.15, 0.2) is 0 Å². The van der Waals surface area contributed by atoms with Gasteiger partial charge < -0.3 is 5.32 Å². The summed E-state index contributed by atoms with van der Waals surface area (Å²) in [7, 11) is 0. The van der Waals surface area contributed by atoms with Crippen molar-refractivity contribution in [2.24, 2.45) is 0 Å². The summed E-state index contributed by atoms with van der Waals surface area (Å²) in [5.41, 5.74) is 0. The van der Waals surface area contributed by atoms with Crippen LogP contribution in [-0.4, -0.2) is 12.5 Å². The molecule has 0 aliphatic carbocycles. The van der Waals surface area contributed by atoms with Crippen molar-refractivity contribution >= 4 is 5.91 Å². The first-order chi connectivity index (χ1) is 3.77. The second-order valence-corrected chi connectivity index (χ2v) is 1.09. The van der Waals surface area contributed by atoms with E-state index in [-0.39, 0.29) is 7.33 Å². The summed E-state index contributed by atoms with van der Waals surface area (Å²) >= 11 is 0. The molecule has 0 rings (SSSR count). The zero-order chi connectivity index (χ0) is 6.99. The minimum Gasteiger partial charge on any atom is -0.357 e. The van der Waals surface area contributed by atoms with Crippen molar-refractivity contribution in [3.8, 4) is 0 Å². The Hall–Kier alpha value is -0.530. The molecule has 0 saturated heterocycles. The molecule has 52 valence electrons. The Balaban J connectivity index is -0.000000109. The lowest BCUT2D eigenvalue weighted by molar-refractivity contribution is -0.118. The van der Waals surface area contributed by atoms with Crippen LogP contribution in [0.1, 0.15) is 29.1 Å². The summed E-state index contributed by atoms with van der Waals surface area (Å²) in [4.78, 5) is 9.93. The maximum atomic E-state index is 9.93. The summed E-state index contributed by atoms with van der Waals surface area (Å²) < 4.78 is 0. The van der Waals surface area contributed by atoms with Crippen LogP contribution in [0.5, 0.6) is 0 Å². The van der Waals surface area contributed by atoms with Gasteiger partial charge in [0.25, 0.3) is 0 Å². The van der Waals surface area contributed by atoms with Crippen molar-refractivity contribution in [3.05, 3.63) is 0 Å². The van der Waals surface area contributed by atoms with Crippen molar-refractivity contribution in [1.29, 1.82) is 0 Å². The van der Waals surface area contributed by atoms with E-state index >= 15 is 0 Å². The van der Waals surface area contributed by atoms with Gasteiger partial charge in [0, 0.05) is 14.9 Å². The highest BCUT2D eigenvalue weighted by atomic mass is 16.1. The van der Waals surface area contributed by atoms with Crippen molar-refractivity contribution in [1.82, 2.24) is 5.32 Å². The molecular formula is C6H17NO. The normalized spacial score (nSPS) is 6.50. The molecular weight excluding hydrogens is 102 g/mol. The number of hydrogen-bond acceptors (Lipinski definition) is 1. The molecule has 2 heteroatoms. The third-order valence-electron chi connectivity index (χ3n) is 0.426. The molecule has 1 amide bonds. The smallest absolute Gasteiger partial charge is 0.216 e. The van der Waals surface area contributed by atoms with E-state index in [1.54, 1.807) is 0 Å². The van der Waals surface area contributed by atoms with Gasteiger partial charge in [0.05, 0.1) is 0 Å². The molecule has 0 aliphatic rings. The summed E-state index contributed by atoms with van der Waals surface area (Å²) in [6.45, 7) is 8.13. The van der Waals surface area contributed by atoms with Crippen LogP contribution in [0.25, 0.3) is 0 Å². The number of carbonyl (C=O) groups excluding carboxylic acids is 1. The Kier molecular flexibility index (Phi) is 12.7. The minimum atomic E-state index is 0. The maximum Gasteiger partial charge on any atom is 0.216 e. The molecule has 2 nitrogen and oxygen atoms in total. The molecule has 0 bridgehead atoms. The molecule has 0 aliphatic heterocycles. The van der Waals surface area contributed by atoms with Gasteiger partial charge in [-0.25, -0.2) is 0 Å². The molecule has 0 unspecified atom stereocenters. The highest BCUT2D eigenvalue weighted by molar-refractivity contribution is 5.72. The SMILES string of the molecule is CC.CCNC(C)=O.[HH]. The van der Waals surface area contributed by atoms with Gasteiger partial charge in [0.2, 0.25) is 5.91 Å². The largest absolute Gasteiger partial charge is 0.357 e. The van der Waals surface area contributed by atoms with Crippen LogP contribution in [0.15, 0.2) is 0 Å². The fourth-order valence-electron chi connectivity index (χ4n) is 0.249. The van der Waals surface area contributed by atoms with E-state index in [4.69, 9.17) is 0 Å². The van der Waals surface area contributed by atoms with Gasteiger partial charge in [0.1, 0.15) is 0 Å². The number of carbonyl (C=O) groups is 1. The van der Waals surface area contributed by atoms with Gasteiger partial charge in [-0.05, 0) is 6.92 Å². The van der Waals surface area contributed by atoms with Crippen molar-refractivity contribution in [3.63, 3.8) is 0 Å². The highest BCUT2D eigenvalue weighted by Gasteiger charge is 1.78. The number of amides is 1. The van der Waals surface area contributed by atoms with Gasteiger partial charge >= 0.3 is 0 Å². The predicted molar refractivity (Wildman–Crippen MR) is 37.8 cm³/mol. The second kappa shape index (κ2) is 9.69. The van der Waals surface area contributed by atoms with Crippen molar-refractivity contribution in [2.75, 3.05) is 6.54 Å². The summed E-state index contributed by atoms with van der Waals surface area (Å²) in [6, 6.07) is 0. The summed E-state index contributed by atoms with van der Waals surface area (Å²) in [5, 5.41) is 2.57. The Morgan fingerprint density at radius 3 is 2.00 bits per heavy atom. The topological polar surface area (TPSA) is 29.1 Å². The van der Waals surface area contributed by atoms with Crippen LogP contribution in [0.3, 0.4) is 0 Å². The van der Waals surface area contributed by atoms with Crippen LogP contribution in [0, 0.1) is 0 Å². The van der Waals surface area contributed by atoms with Crippen molar-refractivity contribution in [2.45, 2.75) is 27.7 Å². The monoisotopic (exact) mass is 119 g/mol. The quantitative estimate of drug-likeness (QED) is 0.555. The third-order valence-corrected chi connectivity index (χ3v) is 0.426. The van der Waals surface area contributed by atoms with Crippen LogP contribution in [-0.2, 0) is 4.79 Å². The van der Waals surface area contributed by atoms with Gasteiger partial charge in [-0.1, -0.05) is 13.8 Å². The second-order valence-electron chi connectivity index (χ2n) is 1.09. The van der Waals surface area contributed by atoms with E-state index in [0.29, 0.717) is 0 Å². The van der Waals surface area contributed by atoms with Crippen molar-refractivity contribution < 1.29 is 6.22 Å². The Bertz CT molecular complexity index is 57.0. The number of rotatable bonds is 1. The van der Waals surface area contributed by atoms with E-state index in [9.17, 15) is 4.79 Å². The molecule has 0 radical (unpaired) electrons.